The number of amides is 1. The first-order valence-electron chi connectivity index (χ1n) is 9.82. The number of aliphatic carboxylic acids is 1. The molecule has 0 bridgehead atoms. The lowest BCUT2D eigenvalue weighted by atomic mass is 10.0. The molecule has 0 saturated carbocycles. The molecule has 3 rings (SSSR count). The molecule has 1 heterocycles. The molecule has 1 aromatic heterocycles. The molecule has 34 heavy (non-hydrogen) atoms. The van der Waals surface area contributed by atoms with Crippen molar-refractivity contribution < 1.29 is 28.6 Å². The fourth-order valence-electron chi connectivity index (χ4n) is 3.21. The standard InChI is InChI=1S/C22H21FN4O6.ClH/c23-12-5-3-11(4-6-12)17-18(29)14-8-7-13(28)10-16(14)33-19(17)20(30)27-15(21(31)32)2-1-9-26-22(24)25;/h3-8,10,15,28H,1-2,9H2,(H,27,30)(H,31,32)(H4,24,25,26);1H/t15-;/m0./s1. The van der Waals surface area contributed by atoms with Crippen molar-refractivity contribution in [2.75, 3.05) is 6.54 Å². The second-order valence-corrected chi connectivity index (χ2v) is 7.14. The van der Waals surface area contributed by atoms with Gasteiger partial charge in [-0.25, -0.2) is 9.18 Å². The number of aromatic hydroxyl groups is 1. The van der Waals surface area contributed by atoms with Gasteiger partial charge < -0.3 is 31.4 Å². The molecular formula is C22H22ClFN4O6. The number of nitrogens with one attached hydrogen (secondary N) is 1. The Morgan fingerprint density at radius 2 is 1.82 bits per heavy atom. The van der Waals surface area contributed by atoms with E-state index in [9.17, 15) is 29.0 Å². The number of fused-ring (bicyclic) bond motifs is 1. The number of nitrogens with two attached hydrogens (primary N) is 2. The molecule has 0 aliphatic heterocycles. The predicted octanol–water partition coefficient (Wildman–Crippen LogP) is 1.96. The summed E-state index contributed by atoms with van der Waals surface area (Å²) in [5, 5.41) is 21.6. The quantitative estimate of drug-likeness (QED) is 0.179. The van der Waals surface area contributed by atoms with E-state index in [0.717, 1.165) is 18.2 Å². The molecule has 0 saturated heterocycles. The highest BCUT2D eigenvalue weighted by Gasteiger charge is 2.26. The zero-order valence-electron chi connectivity index (χ0n) is 17.7. The highest BCUT2D eigenvalue weighted by Crippen LogP contribution is 2.27. The largest absolute Gasteiger partial charge is 0.508 e. The maximum atomic E-state index is 13.4. The minimum absolute atomic E-state index is 0. The summed E-state index contributed by atoms with van der Waals surface area (Å²) in [6.07, 6.45) is 0.262. The Labute approximate surface area is 198 Å². The minimum Gasteiger partial charge on any atom is -0.508 e. The molecule has 0 spiro atoms. The van der Waals surface area contributed by atoms with E-state index >= 15 is 0 Å². The smallest absolute Gasteiger partial charge is 0.326 e. The van der Waals surface area contributed by atoms with Crippen LogP contribution in [0.1, 0.15) is 23.4 Å². The van der Waals surface area contributed by atoms with Crippen LogP contribution in [-0.4, -0.2) is 40.6 Å². The Bertz CT molecular complexity index is 1290. The van der Waals surface area contributed by atoms with E-state index in [1.165, 1.54) is 24.3 Å². The van der Waals surface area contributed by atoms with E-state index in [4.69, 9.17) is 15.9 Å². The van der Waals surface area contributed by atoms with Gasteiger partial charge in [-0.1, -0.05) is 12.1 Å². The molecule has 0 radical (unpaired) electrons. The summed E-state index contributed by atoms with van der Waals surface area (Å²) in [6.45, 7) is 0.160. The van der Waals surface area contributed by atoms with Gasteiger partial charge in [-0.05, 0) is 42.7 Å². The number of nitrogens with zero attached hydrogens (tertiary/aromatic N) is 1. The van der Waals surface area contributed by atoms with Crippen LogP contribution in [0.25, 0.3) is 22.1 Å². The SMILES string of the molecule is Cl.NC(N)=NCCC[C@H](NC(=O)c1oc2cc(O)ccc2c(=O)c1-c1ccc(F)cc1)C(=O)O. The molecule has 1 amide bonds. The Balaban J connectivity index is 0.00000408. The molecule has 3 aromatic rings. The van der Waals surface area contributed by atoms with Gasteiger partial charge in [0.15, 0.2) is 5.96 Å². The molecule has 0 aliphatic carbocycles. The number of hydrogen-bond acceptors (Lipinski definition) is 6. The number of carbonyl (C=O) groups is 2. The fourth-order valence-corrected chi connectivity index (χ4v) is 3.21. The average molecular weight is 493 g/mol. The van der Waals surface area contributed by atoms with Crippen molar-refractivity contribution in [1.29, 1.82) is 0 Å². The number of phenols is 1. The summed E-state index contributed by atoms with van der Waals surface area (Å²) in [5.41, 5.74) is 9.82. The number of hydrogen-bond donors (Lipinski definition) is 5. The van der Waals surface area contributed by atoms with Crippen molar-refractivity contribution in [3.8, 4) is 16.9 Å². The average Bonchev–Trinajstić information content (AvgIpc) is 2.75. The van der Waals surface area contributed by atoms with Crippen molar-refractivity contribution >= 4 is 41.2 Å². The minimum atomic E-state index is -1.32. The molecule has 2 aromatic carbocycles. The topological polar surface area (TPSA) is 181 Å². The Morgan fingerprint density at radius 1 is 1.15 bits per heavy atom. The lowest BCUT2D eigenvalue weighted by Gasteiger charge is -2.15. The fraction of sp³-hybridized carbons (Fsp3) is 0.182. The van der Waals surface area contributed by atoms with Gasteiger partial charge in [0.1, 0.15) is 23.2 Å². The first-order chi connectivity index (χ1) is 15.7. The third-order valence-corrected chi connectivity index (χ3v) is 4.76. The van der Waals surface area contributed by atoms with E-state index in [1.807, 2.05) is 0 Å². The summed E-state index contributed by atoms with van der Waals surface area (Å²) in [6, 6.07) is 7.27. The molecule has 0 aliphatic rings. The van der Waals surface area contributed by atoms with Crippen molar-refractivity contribution in [2.45, 2.75) is 18.9 Å². The van der Waals surface area contributed by atoms with Crippen LogP contribution in [0.3, 0.4) is 0 Å². The third kappa shape index (κ3) is 6.01. The van der Waals surface area contributed by atoms with E-state index in [1.54, 1.807) is 0 Å². The van der Waals surface area contributed by atoms with Crippen LogP contribution in [0.2, 0.25) is 0 Å². The first-order valence-corrected chi connectivity index (χ1v) is 9.82. The van der Waals surface area contributed by atoms with E-state index in [2.05, 4.69) is 10.3 Å². The van der Waals surface area contributed by atoms with Gasteiger partial charge in [-0.3, -0.25) is 14.6 Å². The number of guanidine groups is 1. The Morgan fingerprint density at radius 3 is 2.44 bits per heavy atom. The number of rotatable bonds is 8. The van der Waals surface area contributed by atoms with Gasteiger partial charge in [0, 0.05) is 12.6 Å². The number of carboxylic acid groups (broad SMARTS) is 1. The summed E-state index contributed by atoms with van der Waals surface area (Å²) in [5.74, 6) is -3.64. The third-order valence-electron chi connectivity index (χ3n) is 4.76. The lowest BCUT2D eigenvalue weighted by molar-refractivity contribution is -0.139. The molecule has 0 fully saturated rings. The van der Waals surface area contributed by atoms with Gasteiger partial charge in [0.2, 0.25) is 11.2 Å². The van der Waals surface area contributed by atoms with Crippen LogP contribution in [-0.2, 0) is 4.79 Å². The van der Waals surface area contributed by atoms with Crippen LogP contribution in [0.15, 0.2) is 56.7 Å². The summed E-state index contributed by atoms with van der Waals surface area (Å²) in [4.78, 5) is 41.6. The lowest BCUT2D eigenvalue weighted by Crippen LogP contribution is -2.41. The zero-order valence-corrected chi connectivity index (χ0v) is 18.5. The molecule has 0 unspecified atom stereocenters. The van der Waals surface area contributed by atoms with Gasteiger partial charge in [-0.2, -0.15) is 0 Å². The second-order valence-electron chi connectivity index (χ2n) is 7.14. The summed E-state index contributed by atoms with van der Waals surface area (Å²) >= 11 is 0. The molecule has 7 N–H and O–H groups in total. The van der Waals surface area contributed by atoms with Crippen LogP contribution < -0.4 is 22.2 Å². The van der Waals surface area contributed by atoms with Crippen LogP contribution >= 0.6 is 12.4 Å². The Kier molecular flexibility index (Phi) is 8.57. The van der Waals surface area contributed by atoms with E-state index in [-0.39, 0.29) is 65.6 Å². The molecule has 10 nitrogen and oxygen atoms in total. The number of carboxylic acids is 1. The van der Waals surface area contributed by atoms with Gasteiger partial charge in [-0.15, -0.1) is 12.4 Å². The predicted molar refractivity (Wildman–Crippen MR) is 126 cm³/mol. The number of benzene rings is 2. The molecular weight excluding hydrogens is 471 g/mol. The van der Waals surface area contributed by atoms with Crippen molar-refractivity contribution in [3.63, 3.8) is 0 Å². The highest BCUT2D eigenvalue weighted by molar-refractivity contribution is 6.02. The van der Waals surface area contributed by atoms with Gasteiger partial charge in [0.05, 0.1) is 10.9 Å². The first kappa shape index (κ1) is 26.1. The Hall–Kier alpha value is -4.12. The zero-order chi connectivity index (χ0) is 24.1. The summed E-state index contributed by atoms with van der Waals surface area (Å²) in [7, 11) is 0. The van der Waals surface area contributed by atoms with E-state index in [0.29, 0.717) is 0 Å². The number of aliphatic imine (C=N–C) groups is 1. The van der Waals surface area contributed by atoms with Crippen LogP contribution in [0.4, 0.5) is 4.39 Å². The van der Waals surface area contributed by atoms with Crippen LogP contribution in [0, 0.1) is 5.82 Å². The molecule has 180 valence electrons. The van der Waals surface area contributed by atoms with Gasteiger partial charge in [0.25, 0.3) is 5.91 Å². The van der Waals surface area contributed by atoms with Gasteiger partial charge >= 0.3 is 5.97 Å². The number of phenolic OH excluding ortho intramolecular Hbond substituents is 1. The van der Waals surface area contributed by atoms with E-state index < -0.39 is 34.9 Å². The normalized spacial score (nSPS) is 11.3. The molecule has 12 heteroatoms. The maximum Gasteiger partial charge on any atom is 0.326 e. The van der Waals surface area contributed by atoms with Crippen molar-refractivity contribution in [2.24, 2.45) is 16.5 Å². The molecule has 1 atom stereocenters. The second kappa shape index (κ2) is 11.1. The van der Waals surface area contributed by atoms with Crippen molar-refractivity contribution in [1.82, 2.24) is 5.32 Å². The maximum absolute atomic E-state index is 13.4. The van der Waals surface area contributed by atoms with Crippen LogP contribution in [0.5, 0.6) is 5.75 Å². The van der Waals surface area contributed by atoms with Crippen molar-refractivity contribution in [3.05, 3.63) is 64.3 Å². The monoisotopic (exact) mass is 492 g/mol. The summed E-state index contributed by atoms with van der Waals surface area (Å²) < 4.78 is 19.0. The number of carbonyl (C=O) groups excluding carboxylic acids is 1. The number of halogens is 2. The highest BCUT2D eigenvalue weighted by atomic mass is 35.5.